The Bertz CT molecular complexity index is 877. The minimum Gasteiger partial charge on any atom is -0.457 e. The number of piperidine rings is 1. The van der Waals surface area contributed by atoms with Crippen LogP contribution in [-0.4, -0.2) is 59.3 Å². The maximum atomic E-state index is 11.8. The van der Waals surface area contributed by atoms with Gasteiger partial charge in [0.1, 0.15) is 11.5 Å². The highest BCUT2D eigenvalue weighted by atomic mass is 35.5. The number of benzene rings is 2. The number of likely N-dealkylation sites (tertiary alicyclic amines) is 2. The molecule has 1 N–H and O–H groups in total. The zero-order valence-corrected chi connectivity index (χ0v) is 22.4. The topological polar surface area (TPSA) is 35.9 Å². The van der Waals surface area contributed by atoms with Gasteiger partial charge in [0, 0.05) is 18.5 Å². The summed E-state index contributed by atoms with van der Waals surface area (Å²) >= 11 is 0. The standard InChI is InChI=1S/C29H40N2O2.2ClH/c32-29(16-5-2-6-17-29)28(23-30-20-14-25(15-21-30)31-18-7-8-19-31)24-10-9-13-27(22-24)33-26-11-3-1-4-12-26;;/h1,3-4,9-13,22,25,28,32H,2,5-8,14-21,23H2;2*1H. The van der Waals surface area contributed by atoms with Crippen LogP contribution in [0.2, 0.25) is 0 Å². The summed E-state index contributed by atoms with van der Waals surface area (Å²) in [5.74, 6) is 1.84. The van der Waals surface area contributed by atoms with E-state index in [9.17, 15) is 5.11 Å². The van der Waals surface area contributed by atoms with Gasteiger partial charge in [-0.25, -0.2) is 0 Å². The number of aliphatic hydroxyl groups is 1. The van der Waals surface area contributed by atoms with Crippen molar-refractivity contribution in [2.75, 3.05) is 32.7 Å². The van der Waals surface area contributed by atoms with Crippen molar-refractivity contribution >= 4 is 24.8 Å². The molecule has 2 aromatic carbocycles. The second kappa shape index (κ2) is 13.3. The maximum Gasteiger partial charge on any atom is 0.127 e. The molecule has 6 heteroatoms. The van der Waals surface area contributed by atoms with Gasteiger partial charge in [0.25, 0.3) is 0 Å². The molecule has 1 unspecified atom stereocenters. The van der Waals surface area contributed by atoms with Crippen LogP contribution in [0.15, 0.2) is 54.6 Å². The van der Waals surface area contributed by atoms with Gasteiger partial charge < -0.3 is 19.6 Å². The molecule has 35 heavy (non-hydrogen) atoms. The molecule has 2 saturated heterocycles. The normalized spacial score (nSPS) is 22.1. The van der Waals surface area contributed by atoms with Crippen molar-refractivity contribution in [2.45, 2.75) is 75.3 Å². The van der Waals surface area contributed by atoms with Gasteiger partial charge in [-0.2, -0.15) is 0 Å². The summed E-state index contributed by atoms with van der Waals surface area (Å²) in [7, 11) is 0. The Balaban J connectivity index is 0.00000171. The summed E-state index contributed by atoms with van der Waals surface area (Å²) < 4.78 is 6.15. The molecule has 1 saturated carbocycles. The lowest BCUT2D eigenvalue weighted by atomic mass is 9.72. The van der Waals surface area contributed by atoms with Gasteiger partial charge in [-0.1, -0.05) is 49.6 Å². The van der Waals surface area contributed by atoms with E-state index in [4.69, 9.17) is 4.74 Å². The average molecular weight is 522 g/mol. The third-order valence-corrected chi connectivity index (χ3v) is 8.26. The van der Waals surface area contributed by atoms with Gasteiger partial charge in [-0.05, 0) is 94.5 Å². The van der Waals surface area contributed by atoms with E-state index >= 15 is 0 Å². The molecular formula is C29H42Cl2N2O2. The molecule has 5 rings (SSSR count). The van der Waals surface area contributed by atoms with Crippen LogP contribution in [0, 0.1) is 0 Å². The van der Waals surface area contributed by atoms with Crippen LogP contribution < -0.4 is 4.74 Å². The third kappa shape index (κ3) is 7.14. The second-order valence-corrected chi connectivity index (χ2v) is 10.5. The molecular weight excluding hydrogens is 479 g/mol. The van der Waals surface area contributed by atoms with Gasteiger partial charge >= 0.3 is 0 Å². The predicted molar refractivity (Wildman–Crippen MR) is 148 cm³/mol. The molecule has 0 spiro atoms. The molecule has 0 bridgehead atoms. The van der Waals surface area contributed by atoms with Crippen molar-refractivity contribution in [3.05, 3.63) is 60.2 Å². The molecule has 2 aromatic rings. The fourth-order valence-electron chi connectivity index (χ4n) is 6.35. The first-order chi connectivity index (χ1) is 16.2. The van der Waals surface area contributed by atoms with E-state index in [-0.39, 0.29) is 30.7 Å². The van der Waals surface area contributed by atoms with E-state index in [1.165, 1.54) is 50.8 Å². The van der Waals surface area contributed by atoms with Crippen molar-refractivity contribution in [1.29, 1.82) is 0 Å². The fourth-order valence-corrected chi connectivity index (χ4v) is 6.35. The van der Waals surface area contributed by atoms with Gasteiger partial charge in [0.2, 0.25) is 0 Å². The van der Waals surface area contributed by atoms with E-state index in [0.717, 1.165) is 62.9 Å². The van der Waals surface area contributed by atoms with Gasteiger partial charge in [-0.15, -0.1) is 24.8 Å². The molecule has 0 amide bonds. The first-order valence-corrected chi connectivity index (χ1v) is 13.2. The van der Waals surface area contributed by atoms with E-state index < -0.39 is 5.60 Å². The molecule has 3 aliphatic rings. The summed E-state index contributed by atoms with van der Waals surface area (Å²) in [6, 6.07) is 19.2. The molecule has 2 aliphatic heterocycles. The molecule has 0 radical (unpaired) electrons. The number of para-hydroxylation sites is 1. The SMILES string of the molecule is Cl.Cl.OC1(C(CN2CCC(N3CCCC3)CC2)c2cccc(Oc3ccccc3)c2)CCCCC1. The Labute approximate surface area is 223 Å². The first kappa shape index (κ1) is 28.3. The van der Waals surface area contributed by atoms with E-state index in [2.05, 4.69) is 28.0 Å². The molecule has 2 heterocycles. The second-order valence-electron chi connectivity index (χ2n) is 10.5. The number of nitrogens with zero attached hydrogens (tertiary/aromatic N) is 2. The Kier molecular flexibility index (Phi) is 10.7. The van der Waals surface area contributed by atoms with Crippen LogP contribution >= 0.6 is 24.8 Å². The summed E-state index contributed by atoms with van der Waals surface area (Å²) in [6.45, 7) is 5.82. The maximum absolute atomic E-state index is 11.8. The Morgan fingerprint density at radius 1 is 0.800 bits per heavy atom. The molecule has 1 atom stereocenters. The molecule has 0 aromatic heterocycles. The molecule has 194 valence electrons. The van der Waals surface area contributed by atoms with Crippen LogP contribution in [0.3, 0.4) is 0 Å². The largest absolute Gasteiger partial charge is 0.457 e. The minimum atomic E-state index is -0.616. The first-order valence-electron chi connectivity index (χ1n) is 13.2. The van der Waals surface area contributed by atoms with Crippen molar-refractivity contribution in [2.24, 2.45) is 0 Å². The lowest BCUT2D eigenvalue weighted by molar-refractivity contribution is -0.0338. The number of halogens is 2. The minimum absolute atomic E-state index is 0. The van der Waals surface area contributed by atoms with Crippen LogP contribution in [0.25, 0.3) is 0 Å². The van der Waals surface area contributed by atoms with E-state index in [0.29, 0.717) is 0 Å². The van der Waals surface area contributed by atoms with Gasteiger partial charge in [0.15, 0.2) is 0 Å². The van der Waals surface area contributed by atoms with Crippen molar-refractivity contribution in [1.82, 2.24) is 9.80 Å². The third-order valence-electron chi connectivity index (χ3n) is 8.26. The highest BCUT2D eigenvalue weighted by Gasteiger charge is 2.40. The smallest absolute Gasteiger partial charge is 0.127 e. The lowest BCUT2D eigenvalue weighted by Gasteiger charge is -2.44. The quantitative estimate of drug-likeness (QED) is 0.442. The highest BCUT2D eigenvalue weighted by molar-refractivity contribution is 5.85. The predicted octanol–water partition coefficient (Wildman–Crippen LogP) is 6.66. The Morgan fingerprint density at radius 2 is 1.46 bits per heavy atom. The van der Waals surface area contributed by atoms with Crippen LogP contribution in [0.1, 0.15) is 69.3 Å². The van der Waals surface area contributed by atoms with Crippen molar-refractivity contribution < 1.29 is 9.84 Å². The zero-order chi connectivity index (χ0) is 22.5. The Hall–Kier alpha value is -1.30. The summed E-state index contributed by atoms with van der Waals surface area (Å²) in [6.07, 6.45) is 10.6. The highest BCUT2D eigenvalue weighted by Crippen LogP contribution is 2.42. The lowest BCUT2D eigenvalue weighted by Crippen LogP contribution is -2.48. The summed E-state index contributed by atoms with van der Waals surface area (Å²) in [5, 5.41) is 11.8. The van der Waals surface area contributed by atoms with E-state index in [1.807, 2.05) is 36.4 Å². The Morgan fingerprint density at radius 3 is 2.14 bits per heavy atom. The number of ether oxygens (including phenoxy) is 1. The molecule has 3 fully saturated rings. The average Bonchev–Trinajstić information content (AvgIpc) is 3.39. The fraction of sp³-hybridized carbons (Fsp3) is 0.586. The summed E-state index contributed by atoms with van der Waals surface area (Å²) in [4.78, 5) is 5.34. The number of rotatable bonds is 7. The number of hydrogen-bond donors (Lipinski definition) is 1. The zero-order valence-electron chi connectivity index (χ0n) is 20.8. The van der Waals surface area contributed by atoms with Crippen LogP contribution in [0.5, 0.6) is 11.5 Å². The van der Waals surface area contributed by atoms with Crippen LogP contribution in [-0.2, 0) is 0 Å². The van der Waals surface area contributed by atoms with Crippen molar-refractivity contribution in [3.63, 3.8) is 0 Å². The molecule has 1 aliphatic carbocycles. The summed E-state index contributed by atoms with van der Waals surface area (Å²) in [5.41, 5.74) is 0.601. The van der Waals surface area contributed by atoms with E-state index in [1.54, 1.807) is 0 Å². The van der Waals surface area contributed by atoms with Crippen LogP contribution in [0.4, 0.5) is 0 Å². The number of hydrogen-bond acceptors (Lipinski definition) is 4. The van der Waals surface area contributed by atoms with Gasteiger partial charge in [0.05, 0.1) is 5.60 Å². The van der Waals surface area contributed by atoms with Gasteiger partial charge in [-0.3, -0.25) is 0 Å². The molecule has 4 nitrogen and oxygen atoms in total. The monoisotopic (exact) mass is 520 g/mol. The van der Waals surface area contributed by atoms with Crippen molar-refractivity contribution in [3.8, 4) is 11.5 Å².